The van der Waals surface area contributed by atoms with Gasteiger partial charge in [0.25, 0.3) is 0 Å². The molecule has 0 amide bonds. The highest BCUT2D eigenvalue weighted by Crippen LogP contribution is 2.30. The van der Waals surface area contributed by atoms with Gasteiger partial charge in [0.1, 0.15) is 0 Å². The van der Waals surface area contributed by atoms with Crippen LogP contribution in [0, 0.1) is 0 Å². The molecule has 0 saturated carbocycles. The zero-order valence-electron chi connectivity index (χ0n) is 8.63. The molecule has 1 fully saturated rings. The van der Waals surface area contributed by atoms with Crippen molar-refractivity contribution in [2.75, 3.05) is 24.5 Å². The minimum absolute atomic E-state index is 0.552. The van der Waals surface area contributed by atoms with Crippen LogP contribution in [0.25, 0.3) is 0 Å². The molecule has 1 aromatic rings. The maximum atomic E-state index is 3.62. The summed E-state index contributed by atoms with van der Waals surface area (Å²) in [5, 5.41) is 3.40. The van der Waals surface area contributed by atoms with E-state index in [9.17, 15) is 0 Å². The van der Waals surface area contributed by atoms with Gasteiger partial charge < -0.3 is 10.2 Å². The minimum Gasteiger partial charge on any atom is -0.365 e. The molecule has 2 rings (SSSR count). The third kappa shape index (κ3) is 2.55. The molecular weight excluding hydrogens is 320 g/mol. The molecule has 1 saturated heterocycles. The summed E-state index contributed by atoms with van der Waals surface area (Å²) in [7, 11) is 0. The van der Waals surface area contributed by atoms with E-state index in [-0.39, 0.29) is 0 Å². The summed E-state index contributed by atoms with van der Waals surface area (Å²) in [6.07, 6.45) is 0. The first-order valence-electron chi connectivity index (χ1n) is 5.11. The first kappa shape index (κ1) is 11.4. The lowest BCUT2D eigenvalue weighted by Crippen LogP contribution is -2.50. The summed E-state index contributed by atoms with van der Waals surface area (Å²) < 4.78 is 2.27. The quantitative estimate of drug-likeness (QED) is 0.849. The Labute approximate surface area is 107 Å². The van der Waals surface area contributed by atoms with Gasteiger partial charge in [-0.3, -0.25) is 0 Å². The zero-order chi connectivity index (χ0) is 10.8. The zero-order valence-corrected chi connectivity index (χ0v) is 11.8. The van der Waals surface area contributed by atoms with Crippen molar-refractivity contribution >= 4 is 37.5 Å². The summed E-state index contributed by atoms with van der Waals surface area (Å²) in [6, 6.07) is 6.91. The fourth-order valence-electron chi connectivity index (χ4n) is 1.91. The highest BCUT2D eigenvalue weighted by molar-refractivity contribution is 9.11. The molecule has 1 atom stereocenters. The molecule has 15 heavy (non-hydrogen) atoms. The SMILES string of the molecule is CC1CNCCN1c1ccc(Br)cc1Br. The average molecular weight is 334 g/mol. The van der Waals surface area contributed by atoms with Crippen LogP contribution in [0.2, 0.25) is 0 Å². The van der Waals surface area contributed by atoms with E-state index in [1.54, 1.807) is 0 Å². The van der Waals surface area contributed by atoms with E-state index in [4.69, 9.17) is 0 Å². The molecule has 82 valence electrons. The van der Waals surface area contributed by atoms with Gasteiger partial charge in [0.2, 0.25) is 0 Å². The first-order chi connectivity index (χ1) is 7.18. The largest absolute Gasteiger partial charge is 0.365 e. The Morgan fingerprint density at radius 2 is 2.20 bits per heavy atom. The lowest BCUT2D eigenvalue weighted by atomic mass is 10.2. The number of nitrogens with zero attached hydrogens (tertiary/aromatic N) is 1. The van der Waals surface area contributed by atoms with Crippen molar-refractivity contribution in [2.45, 2.75) is 13.0 Å². The highest BCUT2D eigenvalue weighted by atomic mass is 79.9. The van der Waals surface area contributed by atoms with Crippen molar-refractivity contribution in [3.8, 4) is 0 Å². The fraction of sp³-hybridized carbons (Fsp3) is 0.455. The number of piperazine rings is 1. The van der Waals surface area contributed by atoms with Crippen LogP contribution in [0.5, 0.6) is 0 Å². The number of benzene rings is 1. The van der Waals surface area contributed by atoms with Crippen molar-refractivity contribution in [2.24, 2.45) is 0 Å². The monoisotopic (exact) mass is 332 g/mol. The molecule has 1 heterocycles. The van der Waals surface area contributed by atoms with E-state index in [2.05, 4.69) is 67.2 Å². The van der Waals surface area contributed by atoms with Crippen LogP contribution in [0.1, 0.15) is 6.92 Å². The predicted molar refractivity (Wildman–Crippen MR) is 71.5 cm³/mol. The number of anilines is 1. The Bertz CT molecular complexity index is 354. The second kappa shape index (κ2) is 4.85. The minimum atomic E-state index is 0.552. The fourth-order valence-corrected chi connectivity index (χ4v) is 3.19. The van der Waals surface area contributed by atoms with E-state index in [1.165, 1.54) is 5.69 Å². The number of hydrogen-bond donors (Lipinski definition) is 1. The Morgan fingerprint density at radius 3 is 2.87 bits per heavy atom. The van der Waals surface area contributed by atoms with Gasteiger partial charge in [0, 0.05) is 34.6 Å². The number of rotatable bonds is 1. The lowest BCUT2D eigenvalue weighted by Gasteiger charge is -2.36. The van der Waals surface area contributed by atoms with Crippen molar-refractivity contribution in [3.05, 3.63) is 27.1 Å². The topological polar surface area (TPSA) is 15.3 Å². The molecule has 4 heteroatoms. The van der Waals surface area contributed by atoms with Crippen LogP contribution in [-0.2, 0) is 0 Å². The lowest BCUT2D eigenvalue weighted by molar-refractivity contribution is 0.500. The Morgan fingerprint density at radius 1 is 1.40 bits per heavy atom. The molecule has 1 N–H and O–H groups in total. The molecule has 0 aliphatic carbocycles. The summed E-state index contributed by atoms with van der Waals surface area (Å²) in [5.74, 6) is 0. The van der Waals surface area contributed by atoms with Crippen molar-refractivity contribution in [1.82, 2.24) is 5.32 Å². The van der Waals surface area contributed by atoms with Crippen LogP contribution < -0.4 is 10.2 Å². The first-order valence-corrected chi connectivity index (χ1v) is 6.69. The van der Waals surface area contributed by atoms with Crippen molar-refractivity contribution < 1.29 is 0 Å². The smallest absolute Gasteiger partial charge is 0.0514 e. The molecule has 0 radical (unpaired) electrons. The summed E-state index contributed by atoms with van der Waals surface area (Å²) in [5.41, 5.74) is 1.28. The van der Waals surface area contributed by atoms with Gasteiger partial charge >= 0.3 is 0 Å². The van der Waals surface area contributed by atoms with Crippen molar-refractivity contribution in [1.29, 1.82) is 0 Å². The molecule has 0 spiro atoms. The van der Waals surface area contributed by atoms with E-state index >= 15 is 0 Å². The predicted octanol–water partition coefficient (Wildman–Crippen LogP) is 3.01. The highest BCUT2D eigenvalue weighted by Gasteiger charge is 2.19. The van der Waals surface area contributed by atoms with Gasteiger partial charge in [-0.25, -0.2) is 0 Å². The van der Waals surface area contributed by atoms with Gasteiger partial charge in [-0.15, -0.1) is 0 Å². The standard InChI is InChI=1S/C11H14Br2N2/c1-8-7-14-4-5-15(8)11-3-2-9(12)6-10(11)13/h2-3,6,8,14H,4-5,7H2,1H3. The number of halogens is 2. The number of hydrogen-bond acceptors (Lipinski definition) is 2. The maximum Gasteiger partial charge on any atom is 0.0514 e. The molecule has 1 aliphatic heterocycles. The van der Waals surface area contributed by atoms with Gasteiger partial charge in [-0.1, -0.05) is 15.9 Å². The molecular formula is C11H14Br2N2. The van der Waals surface area contributed by atoms with Gasteiger partial charge in [-0.2, -0.15) is 0 Å². The van der Waals surface area contributed by atoms with Gasteiger partial charge in [0.05, 0.1) is 5.69 Å². The van der Waals surface area contributed by atoms with Gasteiger partial charge in [0.15, 0.2) is 0 Å². The molecule has 1 aliphatic rings. The summed E-state index contributed by atoms with van der Waals surface area (Å²) >= 11 is 7.09. The van der Waals surface area contributed by atoms with E-state index in [0.717, 1.165) is 28.6 Å². The summed E-state index contributed by atoms with van der Waals surface area (Å²) in [4.78, 5) is 2.44. The van der Waals surface area contributed by atoms with Crippen LogP contribution in [0.3, 0.4) is 0 Å². The molecule has 0 aromatic heterocycles. The van der Waals surface area contributed by atoms with Crippen LogP contribution in [0.15, 0.2) is 27.1 Å². The van der Waals surface area contributed by atoms with E-state index in [0.29, 0.717) is 6.04 Å². The Balaban J connectivity index is 2.27. The van der Waals surface area contributed by atoms with Crippen LogP contribution >= 0.6 is 31.9 Å². The van der Waals surface area contributed by atoms with Crippen LogP contribution in [-0.4, -0.2) is 25.7 Å². The second-order valence-corrected chi connectivity index (χ2v) is 5.61. The van der Waals surface area contributed by atoms with E-state index < -0.39 is 0 Å². The third-order valence-electron chi connectivity index (χ3n) is 2.72. The molecule has 1 unspecified atom stereocenters. The molecule has 1 aromatic carbocycles. The Hall–Kier alpha value is -0.0600. The van der Waals surface area contributed by atoms with E-state index in [1.807, 2.05) is 0 Å². The second-order valence-electron chi connectivity index (χ2n) is 3.84. The van der Waals surface area contributed by atoms with Crippen LogP contribution in [0.4, 0.5) is 5.69 Å². The third-order valence-corrected chi connectivity index (χ3v) is 3.85. The average Bonchev–Trinajstić information content (AvgIpc) is 2.20. The normalized spacial score (nSPS) is 21.8. The molecule has 2 nitrogen and oxygen atoms in total. The Kier molecular flexibility index (Phi) is 3.69. The van der Waals surface area contributed by atoms with Crippen molar-refractivity contribution in [3.63, 3.8) is 0 Å². The molecule has 0 bridgehead atoms. The van der Waals surface area contributed by atoms with Gasteiger partial charge in [-0.05, 0) is 41.1 Å². The summed E-state index contributed by atoms with van der Waals surface area (Å²) in [6.45, 7) is 5.44. The number of nitrogens with one attached hydrogen (secondary N) is 1. The maximum absolute atomic E-state index is 3.62.